The monoisotopic (exact) mass is 574 g/mol. The maximum absolute atomic E-state index is 10.6. The summed E-state index contributed by atoms with van der Waals surface area (Å²) in [6, 6.07) is 10.5. The smallest absolute Gasteiger partial charge is 0.318 e. The molecular weight excluding hydrogens is 536 g/mol. The molecule has 8 nitrogen and oxygen atoms in total. The molecule has 2 atom stereocenters. The molecule has 3 aromatic rings. The Bertz CT molecular complexity index is 1470. The number of benzene rings is 2. The molecule has 0 radical (unpaired) electrons. The molecule has 6 heterocycles. The van der Waals surface area contributed by atoms with E-state index in [0.717, 1.165) is 66.5 Å². The van der Waals surface area contributed by atoms with Crippen molar-refractivity contribution in [2.45, 2.75) is 63.1 Å². The predicted octanol–water partition coefficient (Wildman–Crippen LogP) is 4.75. The van der Waals surface area contributed by atoms with E-state index >= 15 is 0 Å². The number of halogens is 1. The van der Waals surface area contributed by atoms with E-state index in [1.54, 1.807) is 6.07 Å². The van der Waals surface area contributed by atoms with Crippen molar-refractivity contribution >= 4 is 33.9 Å². The van der Waals surface area contributed by atoms with Gasteiger partial charge in [0, 0.05) is 42.7 Å². The van der Waals surface area contributed by atoms with Gasteiger partial charge < -0.3 is 25.0 Å². The highest BCUT2D eigenvalue weighted by molar-refractivity contribution is 6.36. The van der Waals surface area contributed by atoms with Crippen LogP contribution in [0.4, 0.5) is 11.5 Å². The van der Waals surface area contributed by atoms with Gasteiger partial charge >= 0.3 is 6.01 Å². The van der Waals surface area contributed by atoms with Gasteiger partial charge in [-0.05, 0) is 88.0 Å². The normalized spacial score (nSPS) is 25.4. The van der Waals surface area contributed by atoms with E-state index in [9.17, 15) is 5.11 Å². The third kappa shape index (κ3) is 4.59. The molecule has 4 saturated heterocycles. The summed E-state index contributed by atoms with van der Waals surface area (Å²) in [6.07, 6.45) is 8.18. The highest BCUT2D eigenvalue weighted by Gasteiger charge is 2.45. The lowest BCUT2D eigenvalue weighted by molar-refractivity contribution is 0.107. The molecule has 2 unspecified atom stereocenters. The molecule has 4 fully saturated rings. The molecule has 41 heavy (non-hydrogen) atoms. The van der Waals surface area contributed by atoms with Gasteiger partial charge in [-0.25, -0.2) is 0 Å². The molecule has 2 aromatic carbocycles. The third-order valence-corrected chi connectivity index (χ3v) is 10.7. The number of ether oxygens (including phenoxy) is 1. The van der Waals surface area contributed by atoms with Crippen LogP contribution in [0.5, 0.6) is 11.8 Å². The molecular formula is C32H39ClN6O2. The van der Waals surface area contributed by atoms with Crippen molar-refractivity contribution in [3.63, 3.8) is 0 Å². The molecule has 1 aromatic heterocycles. The van der Waals surface area contributed by atoms with E-state index in [-0.39, 0.29) is 11.3 Å². The van der Waals surface area contributed by atoms with Crippen molar-refractivity contribution in [1.29, 1.82) is 0 Å². The maximum Gasteiger partial charge on any atom is 0.318 e. The van der Waals surface area contributed by atoms with Gasteiger partial charge in [0.15, 0.2) is 0 Å². The SMILES string of the molecule is Oc1cc(N2CCc3c(nc(OCC45CCCN4CCC5)nc3N3CCC4CNC(C4)C3)C2)c2c(Cl)cccc2c1. The number of rotatable bonds is 5. The highest BCUT2D eigenvalue weighted by atomic mass is 35.5. The zero-order chi connectivity index (χ0) is 27.6. The van der Waals surface area contributed by atoms with Crippen LogP contribution in [0.2, 0.25) is 5.02 Å². The molecule has 216 valence electrons. The summed E-state index contributed by atoms with van der Waals surface area (Å²) in [5.41, 5.74) is 3.35. The first kappa shape index (κ1) is 25.9. The van der Waals surface area contributed by atoms with Crippen molar-refractivity contribution in [1.82, 2.24) is 20.2 Å². The number of nitrogens with zero attached hydrogens (tertiary/aromatic N) is 5. The van der Waals surface area contributed by atoms with Crippen LogP contribution in [0.1, 0.15) is 49.8 Å². The fourth-order valence-electron chi connectivity index (χ4n) is 8.32. The Morgan fingerprint density at radius 3 is 2.83 bits per heavy atom. The molecule has 0 spiro atoms. The second kappa shape index (κ2) is 10.2. The number of phenols is 1. The molecule has 2 bridgehead atoms. The summed E-state index contributed by atoms with van der Waals surface area (Å²) in [6.45, 7) is 7.60. The van der Waals surface area contributed by atoms with E-state index in [1.807, 2.05) is 24.3 Å². The van der Waals surface area contributed by atoms with Crippen molar-refractivity contribution in [2.75, 3.05) is 55.7 Å². The van der Waals surface area contributed by atoms with Gasteiger partial charge in [0.1, 0.15) is 18.2 Å². The largest absolute Gasteiger partial charge is 0.508 e. The standard InChI is InChI=1S/C32H39ClN6O2/c33-26-5-1-4-22-15-24(40)16-28(29(22)26)37-13-7-25-27(19-37)35-31(41-20-32-8-2-10-39(32)11-3-9-32)36-30(25)38-12-6-21-14-23(18-38)34-17-21/h1,4-5,15-16,21,23,34,40H,2-3,6-14,17-20H2. The third-order valence-electron chi connectivity index (χ3n) is 10.4. The average molecular weight is 575 g/mol. The van der Waals surface area contributed by atoms with Gasteiger partial charge in [0.2, 0.25) is 0 Å². The molecule has 0 aliphatic carbocycles. The van der Waals surface area contributed by atoms with Crippen LogP contribution in [0, 0.1) is 5.92 Å². The van der Waals surface area contributed by atoms with Gasteiger partial charge in [-0.15, -0.1) is 0 Å². The fourth-order valence-corrected chi connectivity index (χ4v) is 8.60. The first-order chi connectivity index (χ1) is 20.0. The number of aromatic nitrogens is 2. The molecule has 5 aliphatic rings. The molecule has 5 aliphatic heterocycles. The van der Waals surface area contributed by atoms with Gasteiger partial charge in [0.25, 0.3) is 0 Å². The second-order valence-corrected chi connectivity index (χ2v) is 13.3. The zero-order valence-corrected chi connectivity index (χ0v) is 24.4. The van der Waals surface area contributed by atoms with Crippen molar-refractivity contribution < 1.29 is 9.84 Å². The van der Waals surface area contributed by atoms with Gasteiger partial charge in [-0.3, -0.25) is 4.90 Å². The number of fused-ring (bicyclic) bond motifs is 5. The molecule has 8 rings (SSSR count). The van der Waals surface area contributed by atoms with Gasteiger partial charge in [0.05, 0.1) is 28.5 Å². The fraction of sp³-hybridized carbons (Fsp3) is 0.562. The van der Waals surface area contributed by atoms with E-state index in [2.05, 4.69) is 20.0 Å². The quantitative estimate of drug-likeness (QED) is 0.452. The van der Waals surface area contributed by atoms with Crippen LogP contribution in [-0.4, -0.2) is 77.4 Å². The van der Waals surface area contributed by atoms with Gasteiger partial charge in [-0.2, -0.15) is 9.97 Å². The van der Waals surface area contributed by atoms with E-state index in [4.69, 9.17) is 26.3 Å². The summed E-state index contributed by atoms with van der Waals surface area (Å²) in [5, 5.41) is 16.9. The summed E-state index contributed by atoms with van der Waals surface area (Å²) in [4.78, 5) is 17.7. The van der Waals surface area contributed by atoms with Crippen LogP contribution in [0.15, 0.2) is 30.3 Å². The van der Waals surface area contributed by atoms with Crippen molar-refractivity contribution in [3.8, 4) is 11.8 Å². The van der Waals surface area contributed by atoms with Crippen LogP contribution < -0.4 is 19.9 Å². The van der Waals surface area contributed by atoms with Crippen molar-refractivity contribution in [2.24, 2.45) is 5.92 Å². The van der Waals surface area contributed by atoms with E-state index in [0.29, 0.717) is 30.2 Å². The maximum atomic E-state index is 10.6. The minimum Gasteiger partial charge on any atom is -0.508 e. The molecule has 2 N–H and O–H groups in total. The second-order valence-electron chi connectivity index (χ2n) is 12.9. The van der Waals surface area contributed by atoms with Crippen LogP contribution in [-0.2, 0) is 13.0 Å². The average Bonchev–Trinajstić information content (AvgIpc) is 3.64. The lowest BCUT2D eigenvalue weighted by Crippen LogP contribution is -2.44. The highest BCUT2D eigenvalue weighted by Crippen LogP contribution is 2.41. The summed E-state index contributed by atoms with van der Waals surface area (Å²) >= 11 is 6.71. The minimum absolute atomic E-state index is 0.147. The van der Waals surface area contributed by atoms with E-state index in [1.165, 1.54) is 57.2 Å². The van der Waals surface area contributed by atoms with Gasteiger partial charge in [-0.1, -0.05) is 23.7 Å². The number of phenolic OH excluding ortho intramolecular Hbond substituents is 1. The van der Waals surface area contributed by atoms with Crippen molar-refractivity contribution in [3.05, 3.63) is 46.6 Å². The topological polar surface area (TPSA) is 77.0 Å². The Hall–Kier alpha value is -2.81. The number of nitrogens with one attached hydrogen (secondary N) is 1. The van der Waals surface area contributed by atoms with E-state index < -0.39 is 0 Å². The van der Waals surface area contributed by atoms with Crippen LogP contribution in [0.25, 0.3) is 10.8 Å². The van der Waals surface area contributed by atoms with Crippen LogP contribution in [0.3, 0.4) is 0 Å². The first-order valence-corrected chi connectivity index (χ1v) is 15.8. The molecule has 0 amide bonds. The Balaban J connectivity index is 1.15. The Morgan fingerprint density at radius 1 is 1.07 bits per heavy atom. The lowest BCUT2D eigenvalue weighted by atomic mass is 9.95. The summed E-state index contributed by atoms with van der Waals surface area (Å²) in [7, 11) is 0. The zero-order valence-electron chi connectivity index (χ0n) is 23.6. The Labute approximate surface area is 246 Å². The first-order valence-electron chi connectivity index (χ1n) is 15.5. The number of aromatic hydroxyl groups is 1. The summed E-state index contributed by atoms with van der Waals surface area (Å²) in [5.74, 6) is 2.06. The number of anilines is 2. The summed E-state index contributed by atoms with van der Waals surface area (Å²) < 4.78 is 6.55. The van der Waals surface area contributed by atoms with Crippen LogP contribution >= 0.6 is 11.6 Å². The Kier molecular flexibility index (Phi) is 6.42. The number of hydrogen-bond donors (Lipinski definition) is 2. The lowest BCUT2D eigenvalue weighted by Gasteiger charge is -2.35. The Morgan fingerprint density at radius 2 is 1.95 bits per heavy atom. The molecule has 9 heteroatoms. The number of hydrogen-bond acceptors (Lipinski definition) is 8. The molecule has 0 saturated carbocycles. The predicted molar refractivity (Wildman–Crippen MR) is 162 cm³/mol. The minimum atomic E-state index is 0.147.